The first-order valence-electron chi connectivity index (χ1n) is 8.37. The Hall–Kier alpha value is -0.540. The Morgan fingerprint density at radius 3 is 2.57 bits per heavy atom. The van der Waals surface area contributed by atoms with Crippen molar-refractivity contribution in [2.45, 2.75) is 59.0 Å². The van der Waals surface area contributed by atoms with Gasteiger partial charge >= 0.3 is 0 Å². The summed E-state index contributed by atoms with van der Waals surface area (Å²) in [5.41, 5.74) is 2.71. The molecule has 0 saturated carbocycles. The molecule has 118 valence electrons. The zero-order chi connectivity index (χ0) is 15.2. The van der Waals surface area contributed by atoms with Crippen molar-refractivity contribution < 1.29 is 0 Å². The normalized spacial score (nSPS) is 16.7. The van der Waals surface area contributed by atoms with Gasteiger partial charge in [0.15, 0.2) is 0 Å². The fourth-order valence-electron chi connectivity index (χ4n) is 3.11. The third-order valence-electron chi connectivity index (χ3n) is 4.38. The van der Waals surface area contributed by atoms with Crippen LogP contribution in [0.25, 0.3) is 0 Å². The Labute approximate surface area is 138 Å². The molecule has 1 aliphatic rings. The second-order valence-corrected chi connectivity index (χ2v) is 7.39. The summed E-state index contributed by atoms with van der Waals surface area (Å²) in [6, 6.07) is 7.33. The monoisotopic (exact) mass is 352 g/mol. The Kier molecular flexibility index (Phi) is 6.56. The average molecular weight is 353 g/mol. The molecule has 21 heavy (non-hydrogen) atoms. The minimum atomic E-state index is 0.529. The van der Waals surface area contributed by atoms with Crippen LogP contribution in [0.4, 0.5) is 5.69 Å². The lowest BCUT2D eigenvalue weighted by Crippen LogP contribution is -2.33. The number of piperidine rings is 1. The topological polar surface area (TPSA) is 15.3 Å². The van der Waals surface area contributed by atoms with Crippen LogP contribution in [0, 0.1) is 5.92 Å². The van der Waals surface area contributed by atoms with E-state index in [2.05, 4.69) is 65.1 Å². The predicted octanol–water partition coefficient (Wildman–Crippen LogP) is 4.96. The molecule has 1 fully saturated rings. The largest absolute Gasteiger partial charge is 0.371 e. The molecule has 3 heteroatoms. The molecule has 0 spiro atoms. The van der Waals surface area contributed by atoms with E-state index in [1.54, 1.807) is 0 Å². The number of hydrogen-bond acceptors (Lipinski definition) is 2. The SMILES string of the molecule is CCCC1CCN(c2ccc(CNC(C)C)cc2Br)CC1. The number of halogens is 1. The van der Waals surface area contributed by atoms with Crippen molar-refractivity contribution in [1.29, 1.82) is 0 Å². The first-order valence-corrected chi connectivity index (χ1v) is 9.16. The summed E-state index contributed by atoms with van der Waals surface area (Å²) in [5, 5.41) is 3.47. The first-order chi connectivity index (χ1) is 10.1. The number of anilines is 1. The number of nitrogens with one attached hydrogen (secondary N) is 1. The Balaban J connectivity index is 1.95. The van der Waals surface area contributed by atoms with E-state index in [1.165, 1.54) is 54.5 Å². The van der Waals surface area contributed by atoms with Crippen molar-refractivity contribution >= 4 is 21.6 Å². The van der Waals surface area contributed by atoms with Crippen LogP contribution in [0.15, 0.2) is 22.7 Å². The first kappa shape index (κ1) is 16.8. The van der Waals surface area contributed by atoms with Gasteiger partial charge in [-0.2, -0.15) is 0 Å². The van der Waals surface area contributed by atoms with Crippen molar-refractivity contribution in [3.8, 4) is 0 Å². The summed E-state index contributed by atoms with van der Waals surface area (Å²) < 4.78 is 1.24. The van der Waals surface area contributed by atoms with Gasteiger partial charge < -0.3 is 10.2 Å². The van der Waals surface area contributed by atoms with Crippen LogP contribution in [0.2, 0.25) is 0 Å². The van der Waals surface area contributed by atoms with Gasteiger partial charge in [0.1, 0.15) is 0 Å². The predicted molar refractivity (Wildman–Crippen MR) is 96.0 cm³/mol. The van der Waals surface area contributed by atoms with E-state index < -0.39 is 0 Å². The summed E-state index contributed by atoms with van der Waals surface area (Å²) in [7, 11) is 0. The van der Waals surface area contributed by atoms with E-state index >= 15 is 0 Å². The van der Waals surface area contributed by atoms with Crippen molar-refractivity contribution in [3.63, 3.8) is 0 Å². The minimum Gasteiger partial charge on any atom is -0.371 e. The maximum Gasteiger partial charge on any atom is 0.0510 e. The van der Waals surface area contributed by atoms with Crippen LogP contribution >= 0.6 is 15.9 Å². The van der Waals surface area contributed by atoms with Crippen molar-refractivity contribution in [1.82, 2.24) is 5.32 Å². The van der Waals surface area contributed by atoms with Crippen molar-refractivity contribution in [3.05, 3.63) is 28.2 Å². The highest BCUT2D eigenvalue weighted by Crippen LogP contribution is 2.31. The molecule has 0 amide bonds. The van der Waals surface area contributed by atoms with E-state index in [-0.39, 0.29) is 0 Å². The average Bonchev–Trinajstić information content (AvgIpc) is 2.47. The number of nitrogens with zero attached hydrogens (tertiary/aromatic N) is 1. The van der Waals surface area contributed by atoms with Crippen molar-refractivity contribution in [2.75, 3.05) is 18.0 Å². The third kappa shape index (κ3) is 5.00. The van der Waals surface area contributed by atoms with Gasteiger partial charge in [-0.05, 0) is 52.4 Å². The molecule has 0 aromatic heterocycles. The fraction of sp³-hybridized carbons (Fsp3) is 0.667. The summed E-state index contributed by atoms with van der Waals surface area (Å²) in [6.07, 6.45) is 5.41. The Bertz CT molecular complexity index is 437. The lowest BCUT2D eigenvalue weighted by Gasteiger charge is -2.34. The van der Waals surface area contributed by atoms with Gasteiger partial charge in [-0.15, -0.1) is 0 Å². The van der Waals surface area contributed by atoms with Crippen LogP contribution in [0.5, 0.6) is 0 Å². The molecule has 1 heterocycles. The van der Waals surface area contributed by atoms with Gasteiger partial charge in [-0.1, -0.05) is 39.7 Å². The lowest BCUT2D eigenvalue weighted by atomic mass is 9.92. The molecule has 0 atom stereocenters. The molecule has 0 radical (unpaired) electrons. The zero-order valence-electron chi connectivity index (χ0n) is 13.7. The maximum absolute atomic E-state index is 3.77. The summed E-state index contributed by atoms with van der Waals surface area (Å²) in [5.74, 6) is 0.944. The number of benzene rings is 1. The van der Waals surface area contributed by atoms with E-state index in [9.17, 15) is 0 Å². The molecule has 1 aromatic carbocycles. The highest BCUT2D eigenvalue weighted by Gasteiger charge is 2.20. The highest BCUT2D eigenvalue weighted by molar-refractivity contribution is 9.10. The van der Waals surface area contributed by atoms with Crippen LogP contribution in [-0.2, 0) is 6.54 Å². The van der Waals surface area contributed by atoms with Crippen LogP contribution in [0.1, 0.15) is 52.0 Å². The van der Waals surface area contributed by atoms with Gasteiger partial charge in [0.2, 0.25) is 0 Å². The molecule has 1 aromatic rings. The summed E-state index contributed by atoms with van der Waals surface area (Å²) in [6.45, 7) is 10.0. The molecule has 2 rings (SSSR count). The van der Waals surface area contributed by atoms with Gasteiger partial charge in [-0.3, -0.25) is 0 Å². The van der Waals surface area contributed by atoms with E-state index in [4.69, 9.17) is 0 Å². The van der Waals surface area contributed by atoms with Gasteiger partial charge in [0, 0.05) is 30.1 Å². The molecule has 1 aliphatic heterocycles. The van der Waals surface area contributed by atoms with E-state index in [0.717, 1.165) is 12.5 Å². The molecule has 1 N–H and O–H groups in total. The maximum atomic E-state index is 3.77. The molecule has 0 aliphatic carbocycles. The van der Waals surface area contributed by atoms with E-state index in [1.807, 2.05) is 0 Å². The second-order valence-electron chi connectivity index (χ2n) is 6.54. The fourth-order valence-corrected chi connectivity index (χ4v) is 3.79. The van der Waals surface area contributed by atoms with E-state index in [0.29, 0.717) is 6.04 Å². The van der Waals surface area contributed by atoms with Crippen LogP contribution in [-0.4, -0.2) is 19.1 Å². The molecule has 1 saturated heterocycles. The van der Waals surface area contributed by atoms with Crippen LogP contribution < -0.4 is 10.2 Å². The quantitative estimate of drug-likeness (QED) is 0.777. The van der Waals surface area contributed by atoms with Crippen LogP contribution in [0.3, 0.4) is 0 Å². The smallest absolute Gasteiger partial charge is 0.0510 e. The molecular formula is C18H29BrN2. The molecule has 0 unspecified atom stereocenters. The standard InChI is InChI=1S/C18H29BrN2/c1-4-5-15-8-10-21(11-9-15)18-7-6-16(12-17(18)19)13-20-14(2)3/h6-7,12,14-15,20H,4-5,8-11,13H2,1-3H3. The lowest BCUT2D eigenvalue weighted by molar-refractivity contribution is 0.378. The van der Waals surface area contributed by atoms with Gasteiger partial charge in [0.05, 0.1) is 5.69 Å². The Morgan fingerprint density at radius 2 is 2.00 bits per heavy atom. The second kappa shape index (κ2) is 8.19. The van der Waals surface area contributed by atoms with Crippen molar-refractivity contribution in [2.24, 2.45) is 5.92 Å². The zero-order valence-corrected chi connectivity index (χ0v) is 15.2. The van der Waals surface area contributed by atoms with Gasteiger partial charge in [0.25, 0.3) is 0 Å². The number of rotatable bonds is 6. The molecular weight excluding hydrogens is 324 g/mol. The highest BCUT2D eigenvalue weighted by atomic mass is 79.9. The third-order valence-corrected chi connectivity index (χ3v) is 5.01. The number of hydrogen-bond donors (Lipinski definition) is 1. The minimum absolute atomic E-state index is 0.529. The molecule has 0 bridgehead atoms. The summed E-state index contributed by atoms with van der Waals surface area (Å²) >= 11 is 3.77. The molecule has 2 nitrogen and oxygen atoms in total. The Morgan fingerprint density at radius 1 is 1.29 bits per heavy atom. The van der Waals surface area contributed by atoms with Gasteiger partial charge in [-0.25, -0.2) is 0 Å². The summed E-state index contributed by atoms with van der Waals surface area (Å²) in [4.78, 5) is 2.54.